The highest BCUT2D eigenvalue weighted by Crippen LogP contribution is 2.15. The Labute approximate surface area is 163 Å². The number of carbonyl (C=O) groups is 2. The van der Waals surface area contributed by atoms with E-state index in [4.69, 9.17) is 11.6 Å². The second kappa shape index (κ2) is 9.64. The molecule has 0 unspecified atom stereocenters. The zero-order valence-corrected chi connectivity index (χ0v) is 16.8. The molecular formula is C20H23ClN2O2S. The lowest BCUT2D eigenvalue weighted by Crippen LogP contribution is -2.28. The van der Waals surface area contributed by atoms with Crippen LogP contribution in [0, 0.1) is 13.8 Å². The number of carbonyl (C=O) groups excluding carboxylic acids is 2. The summed E-state index contributed by atoms with van der Waals surface area (Å²) in [5.41, 5.74) is 4.22. The number of hydrogen-bond donors (Lipinski definition) is 1. The Bertz CT molecular complexity index is 778. The van der Waals surface area contributed by atoms with Crippen molar-refractivity contribution < 1.29 is 9.59 Å². The van der Waals surface area contributed by atoms with Crippen molar-refractivity contribution in [2.75, 3.05) is 23.9 Å². The Morgan fingerprint density at radius 2 is 1.77 bits per heavy atom. The molecule has 26 heavy (non-hydrogen) atoms. The number of anilines is 1. The molecule has 0 fully saturated rings. The lowest BCUT2D eigenvalue weighted by Gasteiger charge is -2.18. The minimum atomic E-state index is -0.137. The van der Waals surface area contributed by atoms with Crippen molar-refractivity contribution in [2.24, 2.45) is 0 Å². The van der Waals surface area contributed by atoms with Gasteiger partial charge in [-0.2, -0.15) is 0 Å². The van der Waals surface area contributed by atoms with Crippen LogP contribution in [0.4, 0.5) is 5.69 Å². The molecule has 6 heteroatoms. The summed E-state index contributed by atoms with van der Waals surface area (Å²) in [4.78, 5) is 25.9. The minimum absolute atomic E-state index is 0.00858. The average Bonchev–Trinajstić information content (AvgIpc) is 2.59. The van der Waals surface area contributed by atoms with Crippen LogP contribution in [0.25, 0.3) is 0 Å². The number of halogens is 1. The van der Waals surface area contributed by atoms with Gasteiger partial charge in [0.2, 0.25) is 11.8 Å². The Balaban J connectivity index is 1.75. The van der Waals surface area contributed by atoms with Gasteiger partial charge in [-0.15, -0.1) is 11.8 Å². The van der Waals surface area contributed by atoms with Gasteiger partial charge in [-0.1, -0.05) is 35.4 Å². The van der Waals surface area contributed by atoms with E-state index in [1.807, 2.05) is 0 Å². The summed E-state index contributed by atoms with van der Waals surface area (Å²) in [6.45, 7) is 4.68. The molecule has 0 aliphatic heterocycles. The van der Waals surface area contributed by atoms with E-state index in [1.54, 1.807) is 36.2 Å². The van der Waals surface area contributed by atoms with E-state index < -0.39 is 0 Å². The van der Waals surface area contributed by atoms with Gasteiger partial charge >= 0.3 is 0 Å². The van der Waals surface area contributed by atoms with Crippen molar-refractivity contribution in [2.45, 2.75) is 20.4 Å². The van der Waals surface area contributed by atoms with E-state index >= 15 is 0 Å². The molecule has 4 nitrogen and oxygen atoms in total. The highest BCUT2D eigenvalue weighted by Gasteiger charge is 2.12. The number of benzene rings is 2. The molecule has 0 aliphatic rings. The van der Waals surface area contributed by atoms with E-state index in [2.05, 4.69) is 37.4 Å². The van der Waals surface area contributed by atoms with Crippen molar-refractivity contribution in [3.63, 3.8) is 0 Å². The van der Waals surface area contributed by atoms with Gasteiger partial charge in [0.05, 0.1) is 11.5 Å². The minimum Gasteiger partial charge on any atom is -0.341 e. The van der Waals surface area contributed by atoms with Gasteiger partial charge in [0, 0.05) is 24.3 Å². The van der Waals surface area contributed by atoms with E-state index in [0.717, 1.165) is 5.56 Å². The molecule has 2 aromatic rings. The fraction of sp³-hybridized carbons (Fsp3) is 0.300. The Kier molecular flexibility index (Phi) is 7.54. The molecule has 0 aliphatic carbocycles. The number of aryl methyl sites for hydroxylation is 2. The van der Waals surface area contributed by atoms with Gasteiger partial charge in [0.15, 0.2) is 0 Å². The van der Waals surface area contributed by atoms with Crippen molar-refractivity contribution in [3.05, 3.63) is 64.2 Å². The summed E-state index contributed by atoms with van der Waals surface area (Å²) in [5.74, 6) is 0.373. The number of nitrogens with zero attached hydrogens (tertiary/aromatic N) is 1. The van der Waals surface area contributed by atoms with Crippen LogP contribution in [0.15, 0.2) is 42.5 Å². The van der Waals surface area contributed by atoms with Crippen LogP contribution in [0.1, 0.15) is 16.7 Å². The molecule has 0 aromatic heterocycles. The first-order valence-electron chi connectivity index (χ1n) is 8.28. The zero-order valence-electron chi connectivity index (χ0n) is 15.2. The maximum absolute atomic E-state index is 12.3. The van der Waals surface area contributed by atoms with Gasteiger partial charge in [-0.25, -0.2) is 0 Å². The zero-order chi connectivity index (χ0) is 19.1. The largest absolute Gasteiger partial charge is 0.341 e. The van der Waals surface area contributed by atoms with Crippen LogP contribution in [-0.2, 0) is 16.1 Å². The van der Waals surface area contributed by atoms with E-state index in [9.17, 15) is 9.59 Å². The number of rotatable bonds is 7. The highest BCUT2D eigenvalue weighted by molar-refractivity contribution is 8.00. The third kappa shape index (κ3) is 6.39. The Morgan fingerprint density at radius 3 is 2.42 bits per heavy atom. The highest BCUT2D eigenvalue weighted by atomic mass is 35.5. The van der Waals surface area contributed by atoms with Gasteiger partial charge in [0.1, 0.15) is 0 Å². The summed E-state index contributed by atoms with van der Waals surface area (Å²) in [6, 6.07) is 13.1. The van der Waals surface area contributed by atoms with Crippen LogP contribution in [-0.4, -0.2) is 35.3 Å². The third-order valence-corrected chi connectivity index (χ3v) is 5.09. The normalized spacial score (nSPS) is 10.5. The van der Waals surface area contributed by atoms with Crippen LogP contribution in [0.5, 0.6) is 0 Å². The quantitative estimate of drug-likeness (QED) is 0.767. The molecule has 0 spiro atoms. The molecule has 2 aromatic carbocycles. The second-order valence-electron chi connectivity index (χ2n) is 6.23. The van der Waals surface area contributed by atoms with Gasteiger partial charge in [-0.05, 0) is 49.2 Å². The SMILES string of the molecule is Cc1ccc(CN(C)C(=O)CSCC(=O)Nc2ccc(Cl)cc2)c(C)c1. The molecule has 0 bridgehead atoms. The summed E-state index contributed by atoms with van der Waals surface area (Å²) < 4.78 is 0. The molecule has 0 heterocycles. The van der Waals surface area contributed by atoms with E-state index in [-0.39, 0.29) is 23.3 Å². The maximum atomic E-state index is 12.3. The Hall–Kier alpha value is -1.98. The van der Waals surface area contributed by atoms with Crippen LogP contribution >= 0.6 is 23.4 Å². The number of hydrogen-bond acceptors (Lipinski definition) is 3. The number of amides is 2. The van der Waals surface area contributed by atoms with Gasteiger partial charge < -0.3 is 10.2 Å². The van der Waals surface area contributed by atoms with Gasteiger partial charge in [0.25, 0.3) is 0 Å². The number of thioether (sulfide) groups is 1. The van der Waals surface area contributed by atoms with Crippen molar-refractivity contribution >= 4 is 40.9 Å². The van der Waals surface area contributed by atoms with Crippen molar-refractivity contribution in [1.82, 2.24) is 4.90 Å². The monoisotopic (exact) mass is 390 g/mol. The standard InChI is InChI=1S/C20H23ClN2O2S/c1-14-4-5-16(15(2)10-14)11-23(3)20(25)13-26-12-19(24)22-18-8-6-17(21)7-9-18/h4-10H,11-13H2,1-3H3,(H,22,24). The first kappa shape index (κ1) is 20.3. The molecular weight excluding hydrogens is 368 g/mol. The van der Waals surface area contributed by atoms with Crippen LogP contribution in [0.3, 0.4) is 0 Å². The van der Waals surface area contributed by atoms with E-state index in [1.165, 1.54) is 22.9 Å². The summed E-state index contributed by atoms with van der Waals surface area (Å²) in [6.07, 6.45) is 0. The molecule has 2 rings (SSSR count). The average molecular weight is 391 g/mol. The molecule has 0 radical (unpaired) electrons. The first-order valence-corrected chi connectivity index (χ1v) is 9.81. The smallest absolute Gasteiger partial charge is 0.234 e. The fourth-order valence-corrected chi connectivity index (χ4v) is 3.32. The lowest BCUT2D eigenvalue weighted by molar-refractivity contribution is -0.127. The van der Waals surface area contributed by atoms with E-state index in [0.29, 0.717) is 17.3 Å². The van der Waals surface area contributed by atoms with Crippen molar-refractivity contribution in [1.29, 1.82) is 0 Å². The molecule has 138 valence electrons. The predicted octanol–water partition coefficient (Wildman–Crippen LogP) is 4.29. The molecule has 0 saturated carbocycles. The second-order valence-corrected chi connectivity index (χ2v) is 7.65. The Morgan fingerprint density at radius 1 is 1.08 bits per heavy atom. The summed E-state index contributed by atoms with van der Waals surface area (Å²) >= 11 is 7.12. The molecule has 0 atom stereocenters. The first-order chi connectivity index (χ1) is 12.3. The molecule has 0 saturated heterocycles. The molecule has 1 N–H and O–H groups in total. The topological polar surface area (TPSA) is 49.4 Å². The van der Waals surface area contributed by atoms with Gasteiger partial charge in [-0.3, -0.25) is 9.59 Å². The fourth-order valence-electron chi connectivity index (χ4n) is 2.44. The van der Waals surface area contributed by atoms with Crippen molar-refractivity contribution in [3.8, 4) is 0 Å². The maximum Gasteiger partial charge on any atom is 0.234 e. The number of nitrogens with one attached hydrogen (secondary N) is 1. The summed E-state index contributed by atoms with van der Waals surface area (Å²) in [5, 5.41) is 3.40. The molecule has 2 amide bonds. The lowest BCUT2D eigenvalue weighted by atomic mass is 10.1. The van der Waals surface area contributed by atoms with Crippen LogP contribution < -0.4 is 5.32 Å². The summed E-state index contributed by atoms with van der Waals surface area (Å²) in [7, 11) is 1.79. The third-order valence-electron chi connectivity index (χ3n) is 3.92. The predicted molar refractivity (Wildman–Crippen MR) is 110 cm³/mol. The van der Waals surface area contributed by atoms with Crippen LogP contribution in [0.2, 0.25) is 5.02 Å².